The van der Waals surface area contributed by atoms with E-state index in [2.05, 4.69) is 27.1 Å². The normalized spacial score (nSPS) is 22.4. The van der Waals surface area contributed by atoms with E-state index in [1.807, 2.05) is 24.0 Å². The molecule has 0 N–H and O–H groups in total. The molecule has 2 aliphatic rings. The van der Waals surface area contributed by atoms with Crippen LogP contribution in [0.25, 0.3) is 0 Å². The van der Waals surface area contributed by atoms with Crippen LogP contribution in [0.1, 0.15) is 24.5 Å². The fraction of sp³-hybridized carbons (Fsp3) is 0.529. The molecule has 6 heteroatoms. The van der Waals surface area contributed by atoms with Crippen molar-refractivity contribution in [3.05, 3.63) is 40.8 Å². The van der Waals surface area contributed by atoms with Gasteiger partial charge in [0, 0.05) is 37.0 Å². The van der Waals surface area contributed by atoms with Gasteiger partial charge in [0.2, 0.25) is 0 Å². The van der Waals surface area contributed by atoms with Gasteiger partial charge in [-0.2, -0.15) is 5.10 Å². The van der Waals surface area contributed by atoms with Gasteiger partial charge in [0.25, 0.3) is 0 Å². The van der Waals surface area contributed by atoms with Crippen LogP contribution in [-0.2, 0) is 17.9 Å². The summed E-state index contributed by atoms with van der Waals surface area (Å²) in [7, 11) is 0. The first kappa shape index (κ1) is 15.0. The molecular formula is C17H21ClN4O. The molecule has 0 aromatic carbocycles. The summed E-state index contributed by atoms with van der Waals surface area (Å²) in [4.78, 5) is 6.94. The van der Waals surface area contributed by atoms with Gasteiger partial charge in [-0.15, -0.1) is 0 Å². The molecule has 1 saturated carbocycles. The standard InChI is InChI=1S/C17H21ClN4O/c1-2-23-11-12-6-19-22(7-12)10-13-3-4-16(20-17(13)18)21-8-14-5-15(14)9-21/h3-4,6-7,14-15H,2,5,8-11H2,1H3. The number of hydrogen-bond donors (Lipinski definition) is 0. The third-order valence-corrected chi connectivity index (χ3v) is 5.03. The lowest BCUT2D eigenvalue weighted by atomic mass is 10.2. The number of nitrogens with zero attached hydrogens (tertiary/aromatic N) is 4. The first-order valence-corrected chi connectivity index (χ1v) is 8.60. The fourth-order valence-electron chi connectivity index (χ4n) is 3.29. The maximum Gasteiger partial charge on any atom is 0.136 e. The number of hydrogen-bond acceptors (Lipinski definition) is 4. The van der Waals surface area contributed by atoms with Crippen LogP contribution < -0.4 is 4.90 Å². The van der Waals surface area contributed by atoms with E-state index in [1.165, 1.54) is 6.42 Å². The van der Waals surface area contributed by atoms with Crippen molar-refractivity contribution in [2.75, 3.05) is 24.6 Å². The van der Waals surface area contributed by atoms with E-state index >= 15 is 0 Å². The van der Waals surface area contributed by atoms with Crippen molar-refractivity contribution in [3.63, 3.8) is 0 Å². The van der Waals surface area contributed by atoms with E-state index in [0.29, 0.717) is 24.9 Å². The first-order chi connectivity index (χ1) is 11.2. The number of rotatable bonds is 6. The topological polar surface area (TPSA) is 43.2 Å². The Hall–Kier alpha value is -1.59. The third-order valence-electron chi connectivity index (χ3n) is 4.71. The molecule has 5 nitrogen and oxygen atoms in total. The van der Waals surface area contributed by atoms with Crippen LogP contribution in [0.2, 0.25) is 5.15 Å². The molecule has 1 saturated heterocycles. The molecule has 2 unspecified atom stereocenters. The minimum Gasteiger partial charge on any atom is -0.377 e. The van der Waals surface area contributed by atoms with Gasteiger partial charge in [-0.1, -0.05) is 17.7 Å². The molecule has 2 aromatic rings. The molecule has 1 aliphatic carbocycles. The Bertz CT molecular complexity index is 692. The third kappa shape index (κ3) is 3.21. The SMILES string of the molecule is CCOCc1cnn(Cc2ccc(N3CC4CC4C3)nc2Cl)c1. The summed E-state index contributed by atoms with van der Waals surface area (Å²) in [6.45, 7) is 6.19. The van der Waals surface area contributed by atoms with Crippen molar-refractivity contribution in [1.82, 2.24) is 14.8 Å². The van der Waals surface area contributed by atoms with Gasteiger partial charge >= 0.3 is 0 Å². The van der Waals surface area contributed by atoms with Crippen molar-refractivity contribution in [1.29, 1.82) is 0 Å². The molecule has 2 fully saturated rings. The van der Waals surface area contributed by atoms with E-state index in [0.717, 1.165) is 41.9 Å². The van der Waals surface area contributed by atoms with Crippen LogP contribution in [0, 0.1) is 11.8 Å². The second-order valence-electron chi connectivity index (χ2n) is 6.46. The summed E-state index contributed by atoms with van der Waals surface area (Å²) in [6, 6.07) is 4.15. The van der Waals surface area contributed by atoms with E-state index in [1.54, 1.807) is 0 Å². The van der Waals surface area contributed by atoms with E-state index in [9.17, 15) is 0 Å². The monoisotopic (exact) mass is 332 g/mol. The second-order valence-corrected chi connectivity index (χ2v) is 6.82. The van der Waals surface area contributed by atoms with Gasteiger partial charge in [0.1, 0.15) is 11.0 Å². The molecular weight excluding hydrogens is 312 g/mol. The lowest BCUT2D eigenvalue weighted by Gasteiger charge is -2.19. The van der Waals surface area contributed by atoms with Crippen LogP contribution in [0.3, 0.4) is 0 Å². The van der Waals surface area contributed by atoms with Crippen LogP contribution in [0.5, 0.6) is 0 Å². The number of halogens is 1. The van der Waals surface area contributed by atoms with E-state index < -0.39 is 0 Å². The highest BCUT2D eigenvalue weighted by atomic mass is 35.5. The first-order valence-electron chi connectivity index (χ1n) is 8.22. The number of anilines is 1. The molecule has 122 valence electrons. The van der Waals surface area contributed by atoms with Gasteiger partial charge in [-0.3, -0.25) is 4.68 Å². The van der Waals surface area contributed by atoms with Crippen molar-refractivity contribution >= 4 is 17.4 Å². The second kappa shape index (κ2) is 6.13. The highest BCUT2D eigenvalue weighted by Crippen LogP contribution is 2.46. The van der Waals surface area contributed by atoms with Crippen molar-refractivity contribution in [3.8, 4) is 0 Å². The summed E-state index contributed by atoms with van der Waals surface area (Å²) in [5, 5.41) is 4.93. The number of pyridine rings is 1. The molecule has 23 heavy (non-hydrogen) atoms. The van der Waals surface area contributed by atoms with Gasteiger partial charge < -0.3 is 9.64 Å². The zero-order valence-corrected chi connectivity index (χ0v) is 14.0. The summed E-state index contributed by atoms with van der Waals surface area (Å²) < 4.78 is 7.27. The quantitative estimate of drug-likeness (QED) is 0.763. The van der Waals surface area contributed by atoms with Gasteiger partial charge in [-0.05, 0) is 31.2 Å². The Balaban J connectivity index is 1.43. The summed E-state index contributed by atoms with van der Waals surface area (Å²) in [5.41, 5.74) is 2.06. The summed E-state index contributed by atoms with van der Waals surface area (Å²) in [5.74, 6) is 2.79. The average Bonchev–Trinajstić information content (AvgIpc) is 2.97. The van der Waals surface area contributed by atoms with Crippen LogP contribution >= 0.6 is 11.6 Å². The Kier molecular flexibility index (Phi) is 3.99. The Morgan fingerprint density at radius 3 is 2.87 bits per heavy atom. The molecule has 2 aromatic heterocycles. The highest BCUT2D eigenvalue weighted by molar-refractivity contribution is 6.30. The molecule has 4 rings (SSSR count). The van der Waals surface area contributed by atoms with Crippen molar-refractivity contribution < 1.29 is 4.74 Å². The number of fused-ring (bicyclic) bond motifs is 1. The lowest BCUT2D eigenvalue weighted by Crippen LogP contribution is -2.23. The largest absolute Gasteiger partial charge is 0.377 e. The molecule has 0 radical (unpaired) electrons. The minimum absolute atomic E-state index is 0.574. The number of piperidine rings is 1. The minimum atomic E-state index is 0.574. The summed E-state index contributed by atoms with van der Waals surface area (Å²) in [6.07, 6.45) is 5.22. The van der Waals surface area contributed by atoms with E-state index in [-0.39, 0.29) is 0 Å². The molecule has 1 aliphatic heterocycles. The molecule has 0 bridgehead atoms. The molecule has 0 amide bonds. The molecule has 3 heterocycles. The van der Waals surface area contributed by atoms with Crippen molar-refractivity contribution in [2.45, 2.75) is 26.5 Å². The van der Waals surface area contributed by atoms with Gasteiger partial charge in [0.15, 0.2) is 0 Å². The number of aromatic nitrogens is 3. The average molecular weight is 333 g/mol. The predicted molar refractivity (Wildman–Crippen MR) is 89.7 cm³/mol. The highest BCUT2D eigenvalue weighted by Gasteiger charge is 2.45. The van der Waals surface area contributed by atoms with Gasteiger partial charge in [-0.25, -0.2) is 4.98 Å². The zero-order chi connectivity index (χ0) is 15.8. The van der Waals surface area contributed by atoms with E-state index in [4.69, 9.17) is 16.3 Å². The Morgan fingerprint density at radius 2 is 2.13 bits per heavy atom. The van der Waals surface area contributed by atoms with Crippen LogP contribution in [0.4, 0.5) is 5.82 Å². The molecule has 2 atom stereocenters. The molecule has 0 spiro atoms. The van der Waals surface area contributed by atoms with Crippen LogP contribution in [0.15, 0.2) is 24.5 Å². The maximum atomic E-state index is 6.39. The number of ether oxygens (including phenoxy) is 1. The Morgan fingerprint density at radius 1 is 1.30 bits per heavy atom. The maximum absolute atomic E-state index is 6.39. The zero-order valence-electron chi connectivity index (χ0n) is 13.3. The lowest BCUT2D eigenvalue weighted by molar-refractivity contribution is 0.134. The Labute approximate surface area is 141 Å². The predicted octanol–water partition coefficient (Wildman–Crippen LogP) is 2.97. The van der Waals surface area contributed by atoms with Crippen LogP contribution in [-0.4, -0.2) is 34.5 Å². The summed E-state index contributed by atoms with van der Waals surface area (Å²) >= 11 is 6.39. The van der Waals surface area contributed by atoms with Crippen molar-refractivity contribution in [2.24, 2.45) is 11.8 Å². The fourth-order valence-corrected chi connectivity index (χ4v) is 3.50. The smallest absolute Gasteiger partial charge is 0.136 e. The van der Waals surface area contributed by atoms with Gasteiger partial charge in [0.05, 0.1) is 19.3 Å².